The van der Waals surface area contributed by atoms with Crippen LogP contribution in [0.1, 0.15) is 33.6 Å². The summed E-state index contributed by atoms with van der Waals surface area (Å²) in [6, 6.07) is 8.67. The molecule has 0 saturated carbocycles. The van der Waals surface area contributed by atoms with Crippen molar-refractivity contribution in [2.75, 3.05) is 12.4 Å². The van der Waals surface area contributed by atoms with Crippen molar-refractivity contribution < 1.29 is 19.4 Å². The molecule has 0 aliphatic heterocycles. The summed E-state index contributed by atoms with van der Waals surface area (Å²) in [5, 5.41) is 13.7. The van der Waals surface area contributed by atoms with Crippen LogP contribution in [0.5, 0.6) is 0 Å². The van der Waals surface area contributed by atoms with Crippen molar-refractivity contribution in [1.82, 2.24) is 0 Å². The Bertz CT molecular complexity index is 680. The SMILES string of the molecule is COCc1csc(C(=O)Nc2cccc(C(C)C(=O)O)c2)c1. The summed E-state index contributed by atoms with van der Waals surface area (Å²) in [7, 11) is 1.60. The lowest BCUT2D eigenvalue weighted by molar-refractivity contribution is -0.138. The lowest BCUT2D eigenvalue weighted by Gasteiger charge is -2.09. The number of aliphatic carboxylic acids is 1. The number of anilines is 1. The largest absolute Gasteiger partial charge is 0.481 e. The van der Waals surface area contributed by atoms with Gasteiger partial charge in [0.2, 0.25) is 0 Å². The molecule has 2 aromatic rings. The molecule has 1 aromatic heterocycles. The summed E-state index contributed by atoms with van der Waals surface area (Å²) in [5.41, 5.74) is 2.18. The van der Waals surface area contributed by atoms with E-state index in [2.05, 4.69) is 5.32 Å². The Kier molecular flexibility index (Phi) is 5.30. The second-order valence-electron chi connectivity index (χ2n) is 4.89. The quantitative estimate of drug-likeness (QED) is 0.856. The van der Waals surface area contributed by atoms with Gasteiger partial charge in [0.05, 0.1) is 17.4 Å². The highest BCUT2D eigenvalue weighted by Gasteiger charge is 2.15. The number of ether oxygens (including phenoxy) is 1. The van der Waals surface area contributed by atoms with E-state index in [4.69, 9.17) is 9.84 Å². The molecule has 0 saturated heterocycles. The van der Waals surface area contributed by atoms with Crippen LogP contribution < -0.4 is 5.32 Å². The second kappa shape index (κ2) is 7.20. The number of carbonyl (C=O) groups excluding carboxylic acids is 1. The van der Waals surface area contributed by atoms with E-state index in [-0.39, 0.29) is 5.91 Å². The average Bonchev–Trinajstić information content (AvgIpc) is 2.96. The molecule has 1 aromatic carbocycles. The van der Waals surface area contributed by atoms with Crippen LogP contribution in [0, 0.1) is 0 Å². The van der Waals surface area contributed by atoms with Gasteiger partial charge in [-0.25, -0.2) is 0 Å². The first-order valence-electron chi connectivity index (χ1n) is 6.71. The zero-order valence-corrected chi connectivity index (χ0v) is 13.1. The minimum absolute atomic E-state index is 0.215. The Morgan fingerprint density at radius 1 is 1.36 bits per heavy atom. The molecule has 2 rings (SSSR count). The van der Waals surface area contributed by atoms with Crippen LogP contribution >= 0.6 is 11.3 Å². The minimum atomic E-state index is -0.897. The van der Waals surface area contributed by atoms with Gasteiger partial charge >= 0.3 is 5.97 Å². The second-order valence-corrected chi connectivity index (χ2v) is 5.80. The zero-order chi connectivity index (χ0) is 16.1. The van der Waals surface area contributed by atoms with E-state index in [9.17, 15) is 9.59 Å². The van der Waals surface area contributed by atoms with Crippen LogP contribution in [-0.2, 0) is 16.1 Å². The van der Waals surface area contributed by atoms with Crippen LogP contribution in [0.2, 0.25) is 0 Å². The van der Waals surface area contributed by atoms with Crippen molar-refractivity contribution in [1.29, 1.82) is 0 Å². The van der Waals surface area contributed by atoms with Gasteiger partial charge < -0.3 is 15.2 Å². The van der Waals surface area contributed by atoms with Crippen LogP contribution in [0.15, 0.2) is 35.7 Å². The van der Waals surface area contributed by atoms with Crippen molar-refractivity contribution in [3.63, 3.8) is 0 Å². The lowest BCUT2D eigenvalue weighted by atomic mass is 10.0. The number of benzene rings is 1. The molecule has 1 heterocycles. The number of carboxylic acid groups (broad SMARTS) is 1. The van der Waals surface area contributed by atoms with Gasteiger partial charge in [-0.3, -0.25) is 9.59 Å². The minimum Gasteiger partial charge on any atom is -0.481 e. The number of nitrogens with one attached hydrogen (secondary N) is 1. The van der Waals surface area contributed by atoms with Crippen LogP contribution in [0.25, 0.3) is 0 Å². The van der Waals surface area contributed by atoms with E-state index in [1.165, 1.54) is 11.3 Å². The van der Waals surface area contributed by atoms with E-state index < -0.39 is 11.9 Å². The Balaban J connectivity index is 2.11. The van der Waals surface area contributed by atoms with E-state index in [0.717, 1.165) is 5.56 Å². The van der Waals surface area contributed by atoms with E-state index >= 15 is 0 Å². The normalized spacial score (nSPS) is 11.9. The van der Waals surface area contributed by atoms with Crippen molar-refractivity contribution in [3.05, 3.63) is 51.7 Å². The molecular weight excluding hydrogens is 302 g/mol. The Labute approximate surface area is 132 Å². The molecule has 1 amide bonds. The number of carbonyl (C=O) groups is 2. The highest BCUT2D eigenvalue weighted by Crippen LogP contribution is 2.21. The monoisotopic (exact) mass is 319 g/mol. The first kappa shape index (κ1) is 16.2. The maximum Gasteiger partial charge on any atom is 0.310 e. The van der Waals surface area contributed by atoms with Gasteiger partial charge in [0, 0.05) is 12.8 Å². The Hall–Kier alpha value is -2.18. The number of amides is 1. The van der Waals surface area contributed by atoms with Crippen molar-refractivity contribution in [3.8, 4) is 0 Å². The van der Waals surface area contributed by atoms with Gasteiger partial charge in [-0.05, 0) is 41.6 Å². The number of methoxy groups -OCH3 is 1. The molecule has 0 bridgehead atoms. The van der Waals surface area contributed by atoms with E-state index in [1.807, 2.05) is 5.38 Å². The van der Waals surface area contributed by atoms with Crippen molar-refractivity contribution in [2.24, 2.45) is 0 Å². The third kappa shape index (κ3) is 3.93. The predicted octanol–water partition coefficient (Wildman–Crippen LogP) is 3.33. The lowest BCUT2D eigenvalue weighted by Crippen LogP contribution is -2.12. The first-order valence-corrected chi connectivity index (χ1v) is 7.59. The van der Waals surface area contributed by atoms with E-state index in [1.54, 1.807) is 44.4 Å². The highest BCUT2D eigenvalue weighted by atomic mass is 32.1. The summed E-state index contributed by atoms with van der Waals surface area (Å²) >= 11 is 1.35. The maximum atomic E-state index is 12.2. The van der Waals surface area contributed by atoms with Gasteiger partial charge in [0.25, 0.3) is 5.91 Å². The molecular formula is C16H17NO4S. The standard InChI is InChI=1S/C16H17NO4S/c1-10(16(19)20)12-4-3-5-13(7-12)17-15(18)14-6-11(8-21-2)9-22-14/h3-7,9-10H,8H2,1-2H3,(H,17,18)(H,19,20). The number of carboxylic acids is 1. The molecule has 6 heteroatoms. The third-order valence-electron chi connectivity index (χ3n) is 3.20. The summed E-state index contributed by atoms with van der Waals surface area (Å²) in [5.74, 6) is -1.73. The summed E-state index contributed by atoms with van der Waals surface area (Å²) < 4.78 is 5.02. The fourth-order valence-corrected chi connectivity index (χ4v) is 2.75. The van der Waals surface area contributed by atoms with Crippen molar-refractivity contribution in [2.45, 2.75) is 19.4 Å². The molecule has 1 atom stereocenters. The fourth-order valence-electron chi connectivity index (χ4n) is 1.96. The zero-order valence-electron chi connectivity index (χ0n) is 12.3. The first-order chi connectivity index (χ1) is 10.5. The summed E-state index contributed by atoms with van der Waals surface area (Å²) in [4.78, 5) is 23.8. The predicted molar refractivity (Wildman–Crippen MR) is 85.5 cm³/mol. The molecule has 2 N–H and O–H groups in total. The van der Waals surface area contributed by atoms with Crippen LogP contribution in [0.4, 0.5) is 5.69 Å². The van der Waals surface area contributed by atoms with Gasteiger partial charge in [0.1, 0.15) is 0 Å². The molecule has 1 unspecified atom stereocenters. The van der Waals surface area contributed by atoms with Gasteiger partial charge in [-0.15, -0.1) is 11.3 Å². The van der Waals surface area contributed by atoms with Gasteiger partial charge in [-0.2, -0.15) is 0 Å². The fraction of sp³-hybridized carbons (Fsp3) is 0.250. The van der Waals surface area contributed by atoms with Crippen LogP contribution in [-0.4, -0.2) is 24.1 Å². The molecule has 0 aliphatic rings. The molecule has 0 radical (unpaired) electrons. The molecule has 116 valence electrons. The van der Waals surface area contributed by atoms with Crippen molar-refractivity contribution >= 4 is 28.9 Å². The molecule has 0 aliphatic carbocycles. The van der Waals surface area contributed by atoms with Crippen LogP contribution in [0.3, 0.4) is 0 Å². The summed E-state index contributed by atoms with van der Waals surface area (Å²) in [6.07, 6.45) is 0. The molecule has 5 nitrogen and oxygen atoms in total. The highest BCUT2D eigenvalue weighted by molar-refractivity contribution is 7.12. The Morgan fingerprint density at radius 2 is 2.14 bits per heavy atom. The number of hydrogen-bond donors (Lipinski definition) is 2. The van der Waals surface area contributed by atoms with Gasteiger partial charge in [0.15, 0.2) is 0 Å². The topological polar surface area (TPSA) is 75.6 Å². The number of rotatable bonds is 6. The Morgan fingerprint density at radius 3 is 2.82 bits per heavy atom. The molecule has 0 spiro atoms. The smallest absolute Gasteiger partial charge is 0.310 e. The third-order valence-corrected chi connectivity index (χ3v) is 4.18. The van der Waals surface area contributed by atoms with E-state index in [0.29, 0.717) is 22.7 Å². The number of thiophene rings is 1. The molecule has 0 fully saturated rings. The average molecular weight is 319 g/mol. The maximum absolute atomic E-state index is 12.2. The number of hydrogen-bond acceptors (Lipinski definition) is 4. The summed E-state index contributed by atoms with van der Waals surface area (Å²) in [6.45, 7) is 2.08. The van der Waals surface area contributed by atoms with Gasteiger partial charge in [-0.1, -0.05) is 12.1 Å². The molecule has 22 heavy (non-hydrogen) atoms.